The van der Waals surface area contributed by atoms with Crippen LogP contribution < -0.4 is 0 Å². The first-order valence-corrected chi connectivity index (χ1v) is 16.1. The van der Waals surface area contributed by atoms with Gasteiger partial charge in [-0.25, -0.2) is 0 Å². The van der Waals surface area contributed by atoms with Crippen LogP contribution in [0.3, 0.4) is 0 Å². The fourth-order valence-electron chi connectivity index (χ4n) is 7.94. The predicted molar refractivity (Wildman–Crippen MR) is 132 cm³/mol. The van der Waals surface area contributed by atoms with Gasteiger partial charge in [0.15, 0.2) is 8.32 Å². The summed E-state index contributed by atoms with van der Waals surface area (Å²) < 4.78 is 6.85. The van der Waals surface area contributed by atoms with Gasteiger partial charge in [-0.1, -0.05) is 53.2 Å². The fourth-order valence-corrected chi connectivity index (χ4v) is 9.31. The molecule has 2 nitrogen and oxygen atoms in total. The summed E-state index contributed by atoms with van der Waals surface area (Å²) in [5, 5.41) is 0.296. The van der Waals surface area contributed by atoms with Crippen LogP contribution >= 0.6 is 0 Å². The zero-order valence-electron chi connectivity index (χ0n) is 21.6. The second-order valence-electron chi connectivity index (χ2n) is 13.7. The average Bonchev–Trinajstić information content (AvgIpc) is 3.05. The van der Waals surface area contributed by atoms with Crippen molar-refractivity contribution in [3.8, 4) is 0 Å². The third-order valence-corrected chi connectivity index (χ3v) is 15.5. The van der Waals surface area contributed by atoms with Crippen LogP contribution in [0, 0.1) is 40.4 Å². The lowest BCUT2D eigenvalue weighted by molar-refractivity contribution is -0.113. The van der Waals surface area contributed by atoms with Gasteiger partial charge in [0.2, 0.25) is 0 Å². The summed E-state index contributed by atoms with van der Waals surface area (Å²) in [7, 11) is -1.68. The van der Waals surface area contributed by atoms with E-state index >= 15 is 0 Å². The number of allylic oxidation sites excluding steroid dienone is 2. The third kappa shape index (κ3) is 3.94. The van der Waals surface area contributed by atoms with Crippen molar-refractivity contribution < 1.29 is 9.22 Å². The maximum Gasteiger partial charge on any atom is 0.192 e. The van der Waals surface area contributed by atoms with Gasteiger partial charge in [0.25, 0.3) is 0 Å². The number of fused-ring (bicyclic) bond motifs is 2. The monoisotopic (exact) mass is 444 g/mol. The van der Waals surface area contributed by atoms with Crippen LogP contribution in [0.2, 0.25) is 18.1 Å². The second kappa shape index (κ2) is 7.83. The zero-order chi connectivity index (χ0) is 22.8. The van der Waals surface area contributed by atoms with Crippen LogP contribution in [-0.4, -0.2) is 20.7 Å². The molecule has 0 saturated heterocycles. The lowest BCUT2D eigenvalue weighted by Crippen LogP contribution is -2.43. The number of carbonyl (C=O) groups is 1. The Bertz CT molecular complexity index is 734. The molecule has 0 bridgehead atoms. The molecule has 2 unspecified atom stereocenters. The average molecular weight is 445 g/mol. The first kappa shape index (κ1) is 23.7. The van der Waals surface area contributed by atoms with Gasteiger partial charge in [0.05, 0.1) is 0 Å². The number of rotatable bonds is 6. The minimum absolute atomic E-state index is 0.209. The van der Waals surface area contributed by atoms with E-state index < -0.39 is 8.32 Å². The van der Waals surface area contributed by atoms with Gasteiger partial charge in [-0.15, -0.1) is 0 Å². The molecular formula is C28H48O2Si. The van der Waals surface area contributed by atoms with Crippen LogP contribution in [0.15, 0.2) is 11.6 Å². The molecule has 3 heteroatoms. The van der Waals surface area contributed by atoms with E-state index in [0.717, 1.165) is 5.92 Å². The van der Waals surface area contributed by atoms with Crippen molar-refractivity contribution >= 4 is 14.6 Å². The lowest BCUT2D eigenvalue weighted by atomic mass is 9.61. The van der Waals surface area contributed by atoms with E-state index in [2.05, 4.69) is 60.7 Å². The minimum atomic E-state index is -1.68. The van der Waals surface area contributed by atoms with Gasteiger partial charge in [-0.05, 0) is 104 Å². The van der Waals surface area contributed by atoms with E-state index in [0.29, 0.717) is 39.7 Å². The van der Waals surface area contributed by atoms with E-state index in [1.54, 1.807) is 5.57 Å². The molecule has 4 fully saturated rings. The summed E-state index contributed by atoms with van der Waals surface area (Å²) >= 11 is 0. The quantitative estimate of drug-likeness (QED) is 0.237. The molecule has 0 aliphatic heterocycles. The SMILES string of the molecule is CC(C=O)[C@H]1CC[C@H]2/C(=C/[C@@H](C)[C@]34CC3C[C@H](O[Si](C)(C)C(C)(C)C)C4)CCC[C@]12C. The highest BCUT2D eigenvalue weighted by molar-refractivity contribution is 6.74. The summed E-state index contributed by atoms with van der Waals surface area (Å²) in [6.07, 6.45) is 14.9. The topological polar surface area (TPSA) is 26.3 Å². The molecule has 4 saturated carbocycles. The standard InChI is InChI=1S/C28H48O2Si/c1-19(18-29)24-11-12-25-21(10-9-13-27(24,25)6)14-20(2)28-16-22(28)15-23(17-28)30-31(7,8)26(3,4)5/h14,18-20,22-25H,9-13,15-17H2,1-8H3/b21-14+/t19?,20-,22?,23+,24-,25+,27-,28-/m1/s1. The van der Waals surface area contributed by atoms with E-state index in [9.17, 15) is 4.79 Å². The van der Waals surface area contributed by atoms with Gasteiger partial charge in [0.1, 0.15) is 6.29 Å². The smallest absolute Gasteiger partial charge is 0.192 e. The van der Waals surface area contributed by atoms with Crippen molar-refractivity contribution in [1.29, 1.82) is 0 Å². The molecule has 0 heterocycles. The summed E-state index contributed by atoms with van der Waals surface area (Å²) in [4.78, 5) is 11.6. The largest absolute Gasteiger partial charge is 0.414 e. The molecule has 4 rings (SSSR count). The number of hydrogen-bond donors (Lipinski definition) is 0. The lowest BCUT2D eigenvalue weighted by Gasteiger charge is -2.44. The molecule has 31 heavy (non-hydrogen) atoms. The van der Waals surface area contributed by atoms with E-state index in [-0.39, 0.29) is 5.92 Å². The summed E-state index contributed by atoms with van der Waals surface area (Å²) in [5.74, 6) is 3.06. The Morgan fingerprint density at radius 2 is 1.87 bits per heavy atom. The molecule has 0 aromatic carbocycles. The van der Waals surface area contributed by atoms with Gasteiger partial charge >= 0.3 is 0 Å². The van der Waals surface area contributed by atoms with E-state index in [4.69, 9.17) is 4.43 Å². The molecule has 8 atom stereocenters. The Morgan fingerprint density at radius 1 is 1.16 bits per heavy atom. The van der Waals surface area contributed by atoms with Crippen LogP contribution in [0.4, 0.5) is 0 Å². The molecular weight excluding hydrogens is 396 g/mol. The highest BCUT2D eigenvalue weighted by Gasteiger charge is 2.63. The highest BCUT2D eigenvalue weighted by Crippen LogP contribution is 2.69. The van der Waals surface area contributed by atoms with Gasteiger partial charge in [-0.3, -0.25) is 0 Å². The van der Waals surface area contributed by atoms with E-state index in [1.807, 2.05) is 0 Å². The Hall–Kier alpha value is -0.413. The van der Waals surface area contributed by atoms with Crippen molar-refractivity contribution in [2.45, 2.75) is 117 Å². The molecule has 0 N–H and O–H groups in total. The van der Waals surface area contributed by atoms with Crippen molar-refractivity contribution in [3.63, 3.8) is 0 Å². The van der Waals surface area contributed by atoms with Crippen LogP contribution in [0.1, 0.15) is 92.9 Å². The molecule has 4 aliphatic rings. The molecule has 0 aromatic rings. The first-order valence-electron chi connectivity index (χ1n) is 13.2. The maximum absolute atomic E-state index is 11.6. The molecule has 0 spiro atoms. The second-order valence-corrected chi connectivity index (χ2v) is 18.5. The predicted octanol–water partition coefficient (Wildman–Crippen LogP) is 7.79. The highest BCUT2D eigenvalue weighted by atomic mass is 28.4. The van der Waals surface area contributed by atoms with Crippen LogP contribution in [0.25, 0.3) is 0 Å². The van der Waals surface area contributed by atoms with Crippen LogP contribution in [-0.2, 0) is 9.22 Å². The maximum atomic E-state index is 11.6. The number of aldehydes is 1. The third-order valence-electron chi connectivity index (χ3n) is 11.0. The summed E-state index contributed by atoms with van der Waals surface area (Å²) in [5.41, 5.74) is 2.60. The fraction of sp³-hybridized carbons (Fsp3) is 0.893. The van der Waals surface area contributed by atoms with Crippen molar-refractivity contribution in [3.05, 3.63) is 11.6 Å². The van der Waals surface area contributed by atoms with Crippen molar-refractivity contribution in [2.24, 2.45) is 40.4 Å². The molecule has 176 valence electrons. The molecule has 0 amide bonds. The van der Waals surface area contributed by atoms with Gasteiger partial charge < -0.3 is 9.22 Å². The van der Waals surface area contributed by atoms with Crippen molar-refractivity contribution in [2.75, 3.05) is 0 Å². The Morgan fingerprint density at radius 3 is 2.52 bits per heavy atom. The van der Waals surface area contributed by atoms with Gasteiger partial charge in [0, 0.05) is 12.0 Å². The molecule has 0 aromatic heterocycles. The molecule has 0 radical (unpaired) electrons. The Labute approximate surface area is 193 Å². The van der Waals surface area contributed by atoms with Crippen molar-refractivity contribution in [1.82, 2.24) is 0 Å². The number of carbonyl (C=O) groups excluding carboxylic acids is 1. The Balaban J connectivity index is 1.46. The first-order chi connectivity index (χ1) is 14.3. The summed E-state index contributed by atoms with van der Waals surface area (Å²) in [6.45, 7) is 19.1. The number of hydrogen-bond acceptors (Lipinski definition) is 2. The molecule has 4 aliphatic carbocycles. The summed E-state index contributed by atoms with van der Waals surface area (Å²) in [6, 6.07) is 0. The zero-order valence-corrected chi connectivity index (χ0v) is 22.6. The minimum Gasteiger partial charge on any atom is -0.414 e. The Kier molecular flexibility index (Phi) is 5.99. The van der Waals surface area contributed by atoms with Gasteiger partial charge in [-0.2, -0.15) is 0 Å². The van der Waals surface area contributed by atoms with E-state index in [1.165, 1.54) is 57.7 Å². The van der Waals surface area contributed by atoms with Crippen LogP contribution in [0.5, 0.6) is 0 Å². The normalized spacial score (nSPS) is 43.4.